The van der Waals surface area contributed by atoms with Gasteiger partial charge in [0.25, 0.3) is 0 Å². The van der Waals surface area contributed by atoms with Gasteiger partial charge in [0.15, 0.2) is 0 Å². The Hall–Kier alpha value is -2.26. The molecule has 3 heterocycles. The summed E-state index contributed by atoms with van der Waals surface area (Å²) in [6, 6.07) is 2.50. The summed E-state index contributed by atoms with van der Waals surface area (Å²) in [7, 11) is 0. The number of rotatable bonds is 6. The molecule has 4 rings (SSSR count). The lowest BCUT2D eigenvalue weighted by Gasteiger charge is -2.29. The second kappa shape index (κ2) is 7.55. The van der Waals surface area contributed by atoms with Gasteiger partial charge in [0.1, 0.15) is 5.82 Å². The van der Waals surface area contributed by atoms with Crippen molar-refractivity contribution in [3.05, 3.63) is 23.8 Å². The summed E-state index contributed by atoms with van der Waals surface area (Å²) in [5.41, 5.74) is 13.5. The zero-order valence-electron chi connectivity index (χ0n) is 15.1. The molecule has 9 heteroatoms. The van der Waals surface area contributed by atoms with E-state index in [1.807, 2.05) is 16.9 Å². The number of hydrogen-bond donors (Lipinski definition) is 4. The summed E-state index contributed by atoms with van der Waals surface area (Å²) in [6.45, 7) is 4.68. The van der Waals surface area contributed by atoms with Gasteiger partial charge in [0, 0.05) is 31.2 Å². The number of aryl methyl sites for hydroxylation is 1. The molecule has 1 saturated carbocycles. The quantitative estimate of drug-likeness (QED) is 0.605. The van der Waals surface area contributed by atoms with E-state index in [-0.39, 0.29) is 5.95 Å². The van der Waals surface area contributed by atoms with Crippen molar-refractivity contribution in [3.63, 3.8) is 0 Å². The Morgan fingerprint density at radius 2 is 2.23 bits per heavy atom. The van der Waals surface area contributed by atoms with Crippen molar-refractivity contribution in [1.82, 2.24) is 35.6 Å². The number of aromatic nitrogens is 5. The Morgan fingerprint density at radius 3 is 3.12 bits per heavy atom. The number of fused-ring (bicyclic) bond motifs is 1. The smallest absolute Gasteiger partial charge is 0.228 e. The van der Waals surface area contributed by atoms with Crippen LogP contribution in [0.15, 0.2) is 12.3 Å². The van der Waals surface area contributed by atoms with E-state index >= 15 is 0 Å². The van der Waals surface area contributed by atoms with Gasteiger partial charge in [-0.3, -0.25) is 15.5 Å². The Balaban J connectivity index is 1.42. The SMILES string of the molecule is CCCn1ccc(CNc2nc(N)nc(C3CCC4CNNC4C3)n2)n1. The van der Waals surface area contributed by atoms with Crippen LogP contribution in [0, 0.1) is 5.92 Å². The monoisotopic (exact) mass is 357 g/mol. The first-order chi connectivity index (χ1) is 12.7. The summed E-state index contributed by atoms with van der Waals surface area (Å²) >= 11 is 0. The average molecular weight is 357 g/mol. The fourth-order valence-corrected chi connectivity index (χ4v) is 3.90. The van der Waals surface area contributed by atoms with Crippen LogP contribution in [0.4, 0.5) is 11.9 Å². The third-order valence-electron chi connectivity index (χ3n) is 5.26. The van der Waals surface area contributed by atoms with Gasteiger partial charge in [-0.1, -0.05) is 6.92 Å². The van der Waals surface area contributed by atoms with Crippen molar-refractivity contribution in [2.24, 2.45) is 5.92 Å². The lowest BCUT2D eigenvalue weighted by molar-refractivity contribution is 0.296. The maximum absolute atomic E-state index is 5.94. The minimum absolute atomic E-state index is 0.272. The normalized spacial score (nSPS) is 25.2. The molecule has 0 radical (unpaired) electrons. The fraction of sp³-hybridized carbons (Fsp3) is 0.647. The number of hydrogen-bond acceptors (Lipinski definition) is 8. The molecule has 0 bridgehead atoms. The molecule has 1 aliphatic heterocycles. The van der Waals surface area contributed by atoms with E-state index in [0.717, 1.165) is 43.9 Å². The second-order valence-corrected chi connectivity index (χ2v) is 7.20. The number of nitrogens with two attached hydrogens (primary N) is 1. The molecule has 9 nitrogen and oxygen atoms in total. The van der Waals surface area contributed by atoms with Gasteiger partial charge >= 0.3 is 0 Å². The predicted molar refractivity (Wildman–Crippen MR) is 99.1 cm³/mol. The molecule has 1 aliphatic carbocycles. The molecule has 2 fully saturated rings. The Kier molecular flexibility index (Phi) is 4.98. The first-order valence-corrected chi connectivity index (χ1v) is 9.47. The third-order valence-corrected chi connectivity index (χ3v) is 5.26. The van der Waals surface area contributed by atoms with E-state index in [0.29, 0.717) is 30.4 Å². The van der Waals surface area contributed by atoms with Crippen LogP contribution in [0.1, 0.15) is 50.0 Å². The number of nitrogen functional groups attached to an aromatic ring is 1. The van der Waals surface area contributed by atoms with Crippen LogP contribution in [0.3, 0.4) is 0 Å². The summed E-state index contributed by atoms with van der Waals surface area (Å²) in [5, 5.41) is 7.76. The molecule has 2 aliphatic rings. The minimum Gasteiger partial charge on any atom is -0.368 e. The summed E-state index contributed by atoms with van der Waals surface area (Å²) in [6.07, 6.45) is 6.36. The maximum Gasteiger partial charge on any atom is 0.228 e. The first-order valence-electron chi connectivity index (χ1n) is 9.47. The molecule has 2 aromatic rings. The van der Waals surface area contributed by atoms with Crippen LogP contribution >= 0.6 is 0 Å². The maximum atomic E-state index is 5.94. The second-order valence-electron chi connectivity index (χ2n) is 7.20. The average Bonchev–Trinajstić information content (AvgIpc) is 3.28. The van der Waals surface area contributed by atoms with Crippen LogP contribution < -0.4 is 21.9 Å². The number of hydrazine groups is 1. The van der Waals surface area contributed by atoms with Crippen molar-refractivity contribution >= 4 is 11.9 Å². The topological polar surface area (TPSA) is 119 Å². The highest BCUT2D eigenvalue weighted by Gasteiger charge is 2.35. The lowest BCUT2D eigenvalue weighted by Crippen LogP contribution is -2.36. The summed E-state index contributed by atoms with van der Waals surface area (Å²) in [4.78, 5) is 13.3. The van der Waals surface area contributed by atoms with Crippen molar-refractivity contribution in [1.29, 1.82) is 0 Å². The molecule has 0 aromatic carbocycles. The van der Waals surface area contributed by atoms with Crippen LogP contribution in [-0.4, -0.2) is 37.3 Å². The molecule has 5 N–H and O–H groups in total. The largest absolute Gasteiger partial charge is 0.368 e. The molecule has 3 unspecified atom stereocenters. The molecule has 140 valence electrons. The lowest BCUT2D eigenvalue weighted by atomic mass is 9.79. The van der Waals surface area contributed by atoms with E-state index < -0.39 is 0 Å². The van der Waals surface area contributed by atoms with E-state index in [4.69, 9.17) is 5.73 Å². The van der Waals surface area contributed by atoms with E-state index in [2.05, 4.69) is 43.1 Å². The highest BCUT2D eigenvalue weighted by molar-refractivity contribution is 5.32. The van der Waals surface area contributed by atoms with Gasteiger partial charge in [-0.15, -0.1) is 0 Å². The van der Waals surface area contributed by atoms with Crippen molar-refractivity contribution in [2.75, 3.05) is 17.6 Å². The molecule has 0 spiro atoms. The first kappa shape index (κ1) is 17.2. The van der Waals surface area contributed by atoms with Gasteiger partial charge in [-0.05, 0) is 37.7 Å². The molecule has 0 amide bonds. The fourth-order valence-electron chi connectivity index (χ4n) is 3.90. The summed E-state index contributed by atoms with van der Waals surface area (Å²) in [5.74, 6) is 2.62. The zero-order valence-corrected chi connectivity index (χ0v) is 15.1. The van der Waals surface area contributed by atoms with Crippen molar-refractivity contribution < 1.29 is 0 Å². The Labute approximate surface area is 153 Å². The van der Waals surface area contributed by atoms with Crippen LogP contribution in [0.5, 0.6) is 0 Å². The third kappa shape index (κ3) is 3.78. The molecule has 1 saturated heterocycles. The highest BCUT2D eigenvalue weighted by atomic mass is 15.4. The van der Waals surface area contributed by atoms with Crippen molar-refractivity contribution in [3.8, 4) is 0 Å². The molecule has 3 atom stereocenters. The van der Waals surface area contributed by atoms with Gasteiger partial charge in [-0.25, -0.2) is 0 Å². The number of nitrogens with zero attached hydrogens (tertiary/aromatic N) is 5. The molecular formula is C17H27N9. The van der Waals surface area contributed by atoms with Crippen molar-refractivity contribution in [2.45, 2.75) is 57.7 Å². The van der Waals surface area contributed by atoms with Gasteiger partial charge in [0.05, 0.1) is 12.2 Å². The minimum atomic E-state index is 0.272. The van der Waals surface area contributed by atoms with Crippen LogP contribution in [0.2, 0.25) is 0 Å². The van der Waals surface area contributed by atoms with Gasteiger partial charge in [0.2, 0.25) is 11.9 Å². The molecule has 2 aromatic heterocycles. The zero-order chi connectivity index (χ0) is 17.9. The molecular weight excluding hydrogens is 330 g/mol. The van der Waals surface area contributed by atoms with E-state index in [9.17, 15) is 0 Å². The Bertz CT molecular complexity index is 744. The van der Waals surface area contributed by atoms with Crippen LogP contribution in [-0.2, 0) is 13.1 Å². The van der Waals surface area contributed by atoms with E-state index in [1.54, 1.807) is 0 Å². The number of anilines is 2. The standard InChI is InChI=1S/C17H27N9/c1-2-6-26-7-5-13(25-26)10-19-17-22-15(21-16(18)23-17)11-3-4-12-9-20-24-14(12)8-11/h5,7,11-12,14,20,24H,2-4,6,8-10H2,1H3,(H3,18,19,21,22,23). The molecule has 26 heavy (non-hydrogen) atoms. The number of nitrogens with one attached hydrogen (secondary N) is 3. The van der Waals surface area contributed by atoms with E-state index in [1.165, 1.54) is 6.42 Å². The Morgan fingerprint density at radius 1 is 1.31 bits per heavy atom. The highest BCUT2D eigenvalue weighted by Crippen LogP contribution is 2.35. The van der Waals surface area contributed by atoms with Gasteiger partial charge in [-0.2, -0.15) is 20.1 Å². The summed E-state index contributed by atoms with van der Waals surface area (Å²) < 4.78 is 1.95. The van der Waals surface area contributed by atoms with Crippen LogP contribution in [0.25, 0.3) is 0 Å². The predicted octanol–water partition coefficient (Wildman–Crippen LogP) is 1.03. The van der Waals surface area contributed by atoms with Gasteiger partial charge < -0.3 is 11.1 Å².